The van der Waals surface area contributed by atoms with Crippen molar-refractivity contribution in [1.29, 1.82) is 0 Å². The molecule has 19 heavy (non-hydrogen) atoms. The quantitative estimate of drug-likeness (QED) is 0.764. The molecule has 0 unspecified atom stereocenters. The zero-order valence-corrected chi connectivity index (χ0v) is 10.9. The first-order valence-corrected chi connectivity index (χ1v) is 6.13. The summed E-state index contributed by atoms with van der Waals surface area (Å²) >= 11 is 0. The second kappa shape index (κ2) is 4.09. The highest BCUT2D eigenvalue weighted by molar-refractivity contribution is 5.99. The topological polar surface area (TPSA) is 69.1 Å². The Bertz CT molecular complexity index is 758. The number of fused-ring (bicyclic) bond motifs is 3. The van der Waals surface area contributed by atoms with Crippen LogP contribution in [-0.2, 0) is 11.2 Å². The molecule has 0 saturated carbocycles. The van der Waals surface area contributed by atoms with E-state index in [0.29, 0.717) is 5.76 Å². The van der Waals surface area contributed by atoms with Crippen LogP contribution < -0.4 is 5.73 Å². The summed E-state index contributed by atoms with van der Waals surface area (Å²) in [6.45, 7) is 3.89. The van der Waals surface area contributed by atoms with E-state index in [2.05, 4.69) is 4.98 Å². The lowest BCUT2D eigenvalue weighted by Crippen LogP contribution is -2.14. The molecule has 4 heteroatoms. The van der Waals surface area contributed by atoms with Crippen LogP contribution in [0.25, 0.3) is 22.2 Å². The lowest BCUT2D eigenvalue weighted by atomic mass is 10.0. The van der Waals surface area contributed by atoms with Crippen molar-refractivity contribution in [3.63, 3.8) is 0 Å². The molecule has 0 spiro atoms. The fourth-order valence-corrected chi connectivity index (χ4v) is 2.43. The molecule has 2 N–H and O–H groups in total. The van der Waals surface area contributed by atoms with Gasteiger partial charge in [0.15, 0.2) is 0 Å². The molecule has 0 fully saturated rings. The number of benzene rings is 1. The van der Waals surface area contributed by atoms with Crippen LogP contribution >= 0.6 is 0 Å². The van der Waals surface area contributed by atoms with Gasteiger partial charge in [-0.3, -0.25) is 4.79 Å². The first-order chi connectivity index (χ1) is 9.08. The van der Waals surface area contributed by atoms with Crippen LogP contribution in [0, 0.1) is 13.8 Å². The fraction of sp³-hybridized carbons (Fsp3) is 0.200. The minimum Gasteiger partial charge on any atom is -0.463 e. The van der Waals surface area contributed by atoms with E-state index in [9.17, 15) is 4.79 Å². The van der Waals surface area contributed by atoms with Crippen molar-refractivity contribution < 1.29 is 9.21 Å². The van der Waals surface area contributed by atoms with Gasteiger partial charge in [0.1, 0.15) is 17.2 Å². The van der Waals surface area contributed by atoms with Crippen molar-refractivity contribution in [3.8, 4) is 11.3 Å². The number of carbonyl (C=O) groups excluding carboxylic acids is 1. The van der Waals surface area contributed by atoms with E-state index in [1.165, 1.54) is 0 Å². The third-order valence-corrected chi connectivity index (χ3v) is 3.42. The SMILES string of the molecule is Cc1oc(CC(N)=O)c2nc3ccccc3c-2c1C. The summed E-state index contributed by atoms with van der Waals surface area (Å²) in [5, 5.41) is 1.08. The van der Waals surface area contributed by atoms with E-state index in [-0.39, 0.29) is 6.42 Å². The van der Waals surface area contributed by atoms with E-state index in [0.717, 1.165) is 33.5 Å². The van der Waals surface area contributed by atoms with Crippen LogP contribution in [-0.4, -0.2) is 10.9 Å². The molecular formula is C15H14N2O2. The van der Waals surface area contributed by atoms with E-state index in [1.807, 2.05) is 38.1 Å². The standard InChI is InChI=1S/C15H14N2O2/c1-8-9(2)19-12(7-13(16)18)15-14(8)10-5-3-4-6-11(10)17-15/h3-6H,7H2,1-2H3,(H2,16,18). The highest BCUT2D eigenvalue weighted by atomic mass is 16.3. The largest absolute Gasteiger partial charge is 0.463 e. The van der Waals surface area contributed by atoms with E-state index >= 15 is 0 Å². The van der Waals surface area contributed by atoms with Crippen LogP contribution in [0.4, 0.5) is 0 Å². The van der Waals surface area contributed by atoms with Crippen LogP contribution in [0.5, 0.6) is 0 Å². The molecule has 1 amide bonds. The predicted octanol–water partition coefficient (Wildman–Crippen LogP) is 2.58. The molecule has 96 valence electrons. The minimum atomic E-state index is -0.416. The zero-order chi connectivity index (χ0) is 13.6. The second-order valence-electron chi connectivity index (χ2n) is 4.70. The molecule has 0 radical (unpaired) electrons. The highest BCUT2D eigenvalue weighted by Gasteiger charge is 2.22. The van der Waals surface area contributed by atoms with Gasteiger partial charge >= 0.3 is 0 Å². The maximum absolute atomic E-state index is 11.2. The van der Waals surface area contributed by atoms with E-state index < -0.39 is 5.91 Å². The van der Waals surface area contributed by atoms with Crippen molar-refractivity contribution >= 4 is 16.8 Å². The number of hydrogen-bond donors (Lipinski definition) is 1. The summed E-state index contributed by atoms with van der Waals surface area (Å²) in [5.41, 5.74) is 9.02. The highest BCUT2D eigenvalue weighted by Crippen LogP contribution is 2.37. The summed E-state index contributed by atoms with van der Waals surface area (Å²) < 4.78 is 5.70. The van der Waals surface area contributed by atoms with Gasteiger partial charge in [0.25, 0.3) is 0 Å². The molecule has 0 bridgehead atoms. The number of hydrogen-bond acceptors (Lipinski definition) is 3. The summed E-state index contributed by atoms with van der Waals surface area (Å²) in [7, 11) is 0. The van der Waals surface area contributed by atoms with Gasteiger partial charge < -0.3 is 10.2 Å². The van der Waals surface area contributed by atoms with Crippen LogP contribution in [0.3, 0.4) is 0 Å². The number of primary amides is 1. The second-order valence-corrected chi connectivity index (χ2v) is 4.70. The zero-order valence-electron chi connectivity index (χ0n) is 10.9. The smallest absolute Gasteiger partial charge is 0.225 e. The molecule has 0 aromatic heterocycles. The molecule has 0 saturated heterocycles. The maximum atomic E-state index is 11.2. The van der Waals surface area contributed by atoms with Gasteiger partial charge in [-0.1, -0.05) is 18.2 Å². The molecule has 3 rings (SSSR count). The number of rotatable bonds is 2. The number of aryl methyl sites for hydroxylation is 1. The molecule has 0 atom stereocenters. The summed E-state index contributed by atoms with van der Waals surface area (Å²) in [6.07, 6.45) is 0.0704. The van der Waals surface area contributed by atoms with Crippen molar-refractivity contribution in [3.05, 3.63) is 41.3 Å². The Morgan fingerprint density at radius 3 is 2.79 bits per heavy atom. The number of carbonyl (C=O) groups is 1. The van der Waals surface area contributed by atoms with Gasteiger partial charge in [0.2, 0.25) is 5.91 Å². The first kappa shape index (κ1) is 11.7. The molecular weight excluding hydrogens is 240 g/mol. The fourth-order valence-electron chi connectivity index (χ4n) is 2.43. The number of nitrogens with zero attached hydrogens (tertiary/aromatic N) is 1. The molecule has 1 aromatic rings. The number of para-hydroxylation sites is 1. The normalized spacial score (nSPS) is 11.3. The van der Waals surface area contributed by atoms with E-state index in [4.69, 9.17) is 10.2 Å². The minimum absolute atomic E-state index is 0.0704. The van der Waals surface area contributed by atoms with Crippen molar-refractivity contribution in [1.82, 2.24) is 4.98 Å². The Morgan fingerprint density at radius 2 is 2.05 bits per heavy atom. The van der Waals surface area contributed by atoms with Crippen molar-refractivity contribution in [2.45, 2.75) is 20.3 Å². The van der Waals surface area contributed by atoms with Gasteiger partial charge in [-0.05, 0) is 25.5 Å². The third kappa shape index (κ3) is 1.76. The lowest BCUT2D eigenvalue weighted by molar-refractivity contribution is -0.117. The maximum Gasteiger partial charge on any atom is 0.225 e. The predicted molar refractivity (Wildman–Crippen MR) is 73.0 cm³/mol. The molecule has 0 aliphatic carbocycles. The summed E-state index contributed by atoms with van der Waals surface area (Å²) in [5.74, 6) is 0.920. The van der Waals surface area contributed by atoms with Gasteiger partial charge in [-0.25, -0.2) is 4.98 Å². The lowest BCUT2D eigenvalue weighted by Gasteiger charge is -2.11. The van der Waals surface area contributed by atoms with Crippen molar-refractivity contribution in [2.75, 3.05) is 0 Å². The van der Waals surface area contributed by atoms with Gasteiger partial charge in [-0.15, -0.1) is 0 Å². The Hall–Kier alpha value is -2.36. The van der Waals surface area contributed by atoms with Crippen LogP contribution in [0.2, 0.25) is 0 Å². The average Bonchev–Trinajstić information content (AvgIpc) is 2.75. The Kier molecular flexibility index (Phi) is 2.52. The first-order valence-electron chi connectivity index (χ1n) is 6.13. The molecule has 1 aromatic carbocycles. The number of aromatic nitrogens is 1. The van der Waals surface area contributed by atoms with Crippen LogP contribution in [0.1, 0.15) is 17.1 Å². The average molecular weight is 254 g/mol. The summed E-state index contributed by atoms with van der Waals surface area (Å²) in [6, 6.07) is 7.92. The third-order valence-electron chi connectivity index (χ3n) is 3.42. The van der Waals surface area contributed by atoms with Gasteiger partial charge in [-0.2, -0.15) is 0 Å². The van der Waals surface area contributed by atoms with E-state index in [1.54, 1.807) is 0 Å². The number of nitrogens with two attached hydrogens (primary N) is 1. The molecule has 2 heterocycles. The Balaban J connectivity index is 2.40. The monoisotopic (exact) mass is 254 g/mol. The molecule has 2 aliphatic heterocycles. The summed E-state index contributed by atoms with van der Waals surface area (Å²) in [4.78, 5) is 15.7. The molecule has 4 nitrogen and oxygen atoms in total. The van der Waals surface area contributed by atoms with Gasteiger partial charge in [0, 0.05) is 10.9 Å². The Morgan fingerprint density at radius 1 is 1.32 bits per heavy atom. The van der Waals surface area contributed by atoms with Gasteiger partial charge in [0.05, 0.1) is 11.9 Å². The molecule has 2 aliphatic rings. The van der Waals surface area contributed by atoms with Crippen molar-refractivity contribution in [2.24, 2.45) is 5.73 Å². The number of amides is 1. The van der Waals surface area contributed by atoms with Crippen LogP contribution in [0.15, 0.2) is 28.7 Å². The Labute approximate surface area is 110 Å².